The fourth-order valence-corrected chi connectivity index (χ4v) is 2.39. The lowest BCUT2D eigenvalue weighted by Gasteiger charge is -2.12. The normalized spacial score (nSPS) is 10.5. The van der Waals surface area contributed by atoms with Gasteiger partial charge in [-0.25, -0.2) is 13.8 Å². The van der Waals surface area contributed by atoms with Crippen LogP contribution in [-0.2, 0) is 0 Å². The molecule has 3 rings (SSSR count). The van der Waals surface area contributed by atoms with Crippen molar-refractivity contribution in [3.05, 3.63) is 77.8 Å². The van der Waals surface area contributed by atoms with E-state index < -0.39 is 17.5 Å². The SMILES string of the molecule is Cc1nccc(-c2ccccc2)c1C(=O)Nc1ncc(F)cc1F. The number of nitrogens with one attached hydrogen (secondary N) is 1. The Bertz CT molecular complexity index is 898. The van der Waals surface area contributed by atoms with Gasteiger partial charge in [0, 0.05) is 12.3 Å². The molecule has 0 fully saturated rings. The number of benzene rings is 1. The molecule has 2 aromatic heterocycles. The van der Waals surface area contributed by atoms with Gasteiger partial charge in [-0.05, 0) is 24.1 Å². The Labute approximate surface area is 137 Å². The first-order valence-corrected chi connectivity index (χ1v) is 7.19. The number of hydrogen-bond acceptors (Lipinski definition) is 3. The summed E-state index contributed by atoms with van der Waals surface area (Å²) >= 11 is 0. The van der Waals surface area contributed by atoms with E-state index in [0.717, 1.165) is 11.8 Å². The van der Waals surface area contributed by atoms with Gasteiger partial charge in [-0.3, -0.25) is 9.78 Å². The molecule has 3 aromatic rings. The lowest BCUT2D eigenvalue weighted by molar-refractivity contribution is 0.102. The molecule has 4 nitrogen and oxygen atoms in total. The lowest BCUT2D eigenvalue weighted by atomic mass is 9.99. The molecule has 2 heterocycles. The molecule has 0 radical (unpaired) electrons. The van der Waals surface area contributed by atoms with E-state index in [4.69, 9.17) is 0 Å². The third kappa shape index (κ3) is 3.12. The summed E-state index contributed by atoms with van der Waals surface area (Å²) in [4.78, 5) is 20.3. The summed E-state index contributed by atoms with van der Waals surface area (Å²) in [6.07, 6.45) is 2.44. The number of pyridine rings is 2. The van der Waals surface area contributed by atoms with Crippen molar-refractivity contribution in [2.45, 2.75) is 6.92 Å². The van der Waals surface area contributed by atoms with Crippen LogP contribution < -0.4 is 5.32 Å². The monoisotopic (exact) mass is 325 g/mol. The minimum Gasteiger partial charge on any atom is -0.304 e. The van der Waals surface area contributed by atoms with Crippen LogP contribution in [0, 0.1) is 18.6 Å². The molecular weight excluding hydrogens is 312 g/mol. The Morgan fingerprint density at radius 3 is 2.54 bits per heavy atom. The van der Waals surface area contributed by atoms with Crippen LogP contribution in [0.3, 0.4) is 0 Å². The van der Waals surface area contributed by atoms with Gasteiger partial charge in [0.15, 0.2) is 11.6 Å². The maximum absolute atomic E-state index is 13.7. The van der Waals surface area contributed by atoms with E-state index in [0.29, 0.717) is 22.9 Å². The molecule has 0 aliphatic carbocycles. The number of nitrogens with zero attached hydrogens (tertiary/aromatic N) is 2. The van der Waals surface area contributed by atoms with E-state index in [1.54, 1.807) is 19.2 Å². The second-order valence-electron chi connectivity index (χ2n) is 5.12. The van der Waals surface area contributed by atoms with Gasteiger partial charge in [-0.1, -0.05) is 30.3 Å². The molecule has 0 saturated heterocycles. The van der Waals surface area contributed by atoms with Gasteiger partial charge in [0.25, 0.3) is 5.91 Å². The molecule has 0 bridgehead atoms. The number of amides is 1. The Balaban J connectivity index is 2.01. The molecule has 1 aromatic carbocycles. The highest BCUT2D eigenvalue weighted by Gasteiger charge is 2.18. The smallest absolute Gasteiger partial charge is 0.259 e. The molecule has 120 valence electrons. The predicted octanol–water partition coefficient (Wildman–Crippen LogP) is 3.98. The van der Waals surface area contributed by atoms with E-state index in [2.05, 4.69) is 15.3 Å². The second-order valence-corrected chi connectivity index (χ2v) is 5.12. The van der Waals surface area contributed by atoms with Crippen molar-refractivity contribution in [1.29, 1.82) is 0 Å². The Kier molecular flexibility index (Phi) is 4.29. The molecule has 0 aliphatic heterocycles. The predicted molar refractivity (Wildman–Crippen MR) is 86.5 cm³/mol. The zero-order valence-electron chi connectivity index (χ0n) is 12.8. The Morgan fingerprint density at radius 2 is 1.83 bits per heavy atom. The first-order chi connectivity index (χ1) is 11.6. The fraction of sp³-hybridized carbons (Fsp3) is 0.0556. The molecule has 0 spiro atoms. The summed E-state index contributed by atoms with van der Waals surface area (Å²) in [6.45, 7) is 1.69. The number of rotatable bonds is 3. The first-order valence-electron chi connectivity index (χ1n) is 7.19. The molecule has 1 amide bonds. The third-order valence-corrected chi connectivity index (χ3v) is 3.49. The summed E-state index contributed by atoms with van der Waals surface area (Å²) in [7, 11) is 0. The van der Waals surface area contributed by atoms with Gasteiger partial charge in [-0.2, -0.15) is 0 Å². The number of anilines is 1. The highest BCUT2D eigenvalue weighted by Crippen LogP contribution is 2.26. The van der Waals surface area contributed by atoms with Crippen LogP contribution in [0.5, 0.6) is 0 Å². The largest absolute Gasteiger partial charge is 0.304 e. The zero-order valence-corrected chi connectivity index (χ0v) is 12.8. The first kappa shape index (κ1) is 15.7. The molecule has 1 N–H and O–H groups in total. The number of aryl methyl sites for hydroxylation is 1. The van der Waals surface area contributed by atoms with Crippen LogP contribution in [-0.4, -0.2) is 15.9 Å². The molecule has 0 atom stereocenters. The molecule has 0 saturated carbocycles. The van der Waals surface area contributed by atoms with Gasteiger partial charge < -0.3 is 5.32 Å². The molecule has 0 unspecified atom stereocenters. The Morgan fingerprint density at radius 1 is 1.08 bits per heavy atom. The van der Waals surface area contributed by atoms with Crippen LogP contribution >= 0.6 is 0 Å². The topological polar surface area (TPSA) is 54.9 Å². The van der Waals surface area contributed by atoms with Crippen LogP contribution in [0.1, 0.15) is 16.1 Å². The second kappa shape index (κ2) is 6.54. The fourth-order valence-electron chi connectivity index (χ4n) is 2.39. The Hall–Kier alpha value is -3.15. The maximum atomic E-state index is 13.7. The highest BCUT2D eigenvalue weighted by molar-refractivity contribution is 6.09. The van der Waals surface area contributed by atoms with Crippen molar-refractivity contribution in [1.82, 2.24) is 9.97 Å². The number of hydrogen-bond donors (Lipinski definition) is 1. The zero-order chi connectivity index (χ0) is 17.1. The van der Waals surface area contributed by atoms with Crippen LogP contribution in [0.2, 0.25) is 0 Å². The third-order valence-electron chi connectivity index (χ3n) is 3.49. The summed E-state index contributed by atoms with van der Waals surface area (Å²) in [5, 5.41) is 2.37. The van der Waals surface area contributed by atoms with Crippen molar-refractivity contribution in [2.75, 3.05) is 5.32 Å². The number of aromatic nitrogens is 2. The average Bonchev–Trinajstić information content (AvgIpc) is 2.58. The highest BCUT2D eigenvalue weighted by atomic mass is 19.1. The quantitative estimate of drug-likeness (QED) is 0.792. The van der Waals surface area contributed by atoms with Crippen molar-refractivity contribution < 1.29 is 13.6 Å². The molecular formula is C18H13F2N3O. The molecule has 24 heavy (non-hydrogen) atoms. The minimum atomic E-state index is -0.939. The van der Waals surface area contributed by atoms with Crippen molar-refractivity contribution in [2.24, 2.45) is 0 Å². The van der Waals surface area contributed by atoms with Crippen LogP contribution in [0.4, 0.5) is 14.6 Å². The van der Waals surface area contributed by atoms with Crippen molar-refractivity contribution >= 4 is 11.7 Å². The summed E-state index contributed by atoms with van der Waals surface area (Å²) in [5.74, 6) is -2.64. The van der Waals surface area contributed by atoms with Gasteiger partial charge in [-0.15, -0.1) is 0 Å². The van der Waals surface area contributed by atoms with E-state index in [9.17, 15) is 13.6 Å². The molecule has 6 heteroatoms. The average molecular weight is 325 g/mol. The van der Waals surface area contributed by atoms with Crippen LogP contribution in [0.25, 0.3) is 11.1 Å². The number of halogens is 2. The van der Waals surface area contributed by atoms with E-state index in [1.807, 2.05) is 30.3 Å². The summed E-state index contributed by atoms with van der Waals surface area (Å²) in [6, 6.07) is 11.7. The number of carbonyl (C=O) groups is 1. The molecule has 0 aliphatic rings. The van der Waals surface area contributed by atoms with Crippen molar-refractivity contribution in [3.63, 3.8) is 0 Å². The van der Waals surface area contributed by atoms with E-state index >= 15 is 0 Å². The minimum absolute atomic E-state index is 0.314. The van der Waals surface area contributed by atoms with E-state index in [1.165, 1.54) is 0 Å². The number of carbonyl (C=O) groups excluding carboxylic acids is 1. The summed E-state index contributed by atoms with van der Waals surface area (Å²) in [5.41, 5.74) is 2.31. The van der Waals surface area contributed by atoms with E-state index in [-0.39, 0.29) is 5.82 Å². The van der Waals surface area contributed by atoms with Gasteiger partial charge in [0.05, 0.1) is 17.5 Å². The standard InChI is InChI=1S/C18H13F2N3O/c1-11-16(14(7-8-21-11)12-5-3-2-4-6-12)18(24)23-17-15(20)9-13(19)10-22-17/h2-10H,1H3,(H,22,23,24). The van der Waals surface area contributed by atoms with Gasteiger partial charge in [0.1, 0.15) is 5.82 Å². The van der Waals surface area contributed by atoms with Crippen molar-refractivity contribution in [3.8, 4) is 11.1 Å². The maximum Gasteiger partial charge on any atom is 0.259 e. The van der Waals surface area contributed by atoms with Gasteiger partial charge >= 0.3 is 0 Å². The van der Waals surface area contributed by atoms with Crippen LogP contribution in [0.15, 0.2) is 54.9 Å². The van der Waals surface area contributed by atoms with Gasteiger partial charge in [0.2, 0.25) is 0 Å². The summed E-state index contributed by atoms with van der Waals surface area (Å²) < 4.78 is 26.6. The lowest BCUT2D eigenvalue weighted by Crippen LogP contribution is -2.17.